The maximum atomic E-state index is 14.1. The van der Waals surface area contributed by atoms with Crippen LogP contribution in [0.4, 0.5) is 4.39 Å². The second-order valence-corrected chi connectivity index (χ2v) is 7.22. The lowest BCUT2D eigenvalue weighted by Crippen LogP contribution is -2.06. The Balaban J connectivity index is 1.68. The maximum Gasteiger partial charge on any atom is 0.132 e. The number of hydrogen-bond acceptors (Lipinski definition) is 3. The first-order valence-electron chi connectivity index (χ1n) is 8.85. The molecule has 27 heavy (non-hydrogen) atoms. The van der Waals surface area contributed by atoms with E-state index in [-0.39, 0.29) is 11.3 Å². The van der Waals surface area contributed by atoms with Gasteiger partial charge < -0.3 is 0 Å². The van der Waals surface area contributed by atoms with Gasteiger partial charge in [0.15, 0.2) is 0 Å². The molecule has 1 saturated heterocycles. The van der Waals surface area contributed by atoms with Crippen molar-refractivity contribution in [2.75, 3.05) is 0 Å². The molecule has 0 saturated carbocycles. The number of rotatable bonds is 4. The number of pyridine rings is 2. The normalized spacial score (nSPS) is 16.3. The summed E-state index contributed by atoms with van der Waals surface area (Å²) in [7, 11) is 2.31. The summed E-state index contributed by atoms with van der Waals surface area (Å²) in [5.41, 5.74) is 3.69. The smallest absolute Gasteiger partial charge is 0.132 e. The van der Waals surface area contributed by atoms with Gasteiger partial charge in [-0.3, -0.25) is 10.4 Å². The molecule has 6 heteroatoms. The van der Waals surface area contributed by atoms with Crippen LogP contribution in [-0.4, -0.2) is 23.0 Å². The summed E-state index contributed by atoms with van der Waals surface area (Å²) in [6.07, 6.45) is 5.26. The summed E-state index contributed by atoms with van der Waals surface area (Å²) < 4.78 is 14.1. The summed E-state index contributed by atoms with van der Waals surface area (Å²) in [5.74, 6) is -0.0119. The lowest BCUT2D eigenvalue weighted by molar-refractivity contribution is 0.625. The quantitative estimate of drug-likeness (QED) is 0.480. The van der Waals surface area contributed by atoms with Crippen molar-refractivity contribution in [1.29, 1.82) is 5.41 Å². The van der Waals surface area contributed by atoms with E-state index < -0.39 is 5.82 Å². The Labute approximate surface area is 163 Å². The number of allylic oxidation sites excluding steroid dienone is 1. The SMILES string of the molecule is C=C(C(=N)c1cc(Cl)ccc1F)c1ccc2ncc(C3C[B]CC3)cc2n1. The summed E-state index contributed by atoms with van der Waals surface area (Å²) in [5, 5.41) is 8.71. The molecule has 1 N–H and O–H groups in total. The molecule has 2 aromatic heterocycles. The van der Waals surface area contributed by atoms with Crippen LogP contribution in [0.15, 0.2) is 49.2 Å². The highest BCUT2D eigenvalue weighted by atomic mass is 35.5. The average Bonchev–Trinajstić information content (AvgIpc) is 3.22. The van der Waals surface area contributed by atoms with Crippen molar-refractivity contribution in [2.45, 2.75) is 25.0 Å². The molecular formula is C21H17BClFN3. The fourth-order valence-electron chi connectivity index (χ4n) is 3.45. The number of aromatic nitrogens is 2. The minimum Gasteiger partial charge on any atom is -0.299 e. The highest BCUT2D eigenvalue weighted by Crippen LogP contribution is 2.32. The van der Waals surface area contributed by atoms with Gasteiger partial charge in [0.1, 0.15) is 13.1 Å². The van der Waals surface area contributed by atoms with Crippen LogP contribution in [0.1, 0.15) is 29.2 Å². The van der Waals surface area contributed by atoms with E-state index in [2.05, 4.69) is 29.9 Å². The molecule has 133 valence electrons. The second-order valence-electron chi connectivity index (χ2n) is 6.78. The van der Waals surface area contributed by atoms with Crippen molar-refractivity contribution in [2.24, 2.45) is 0 Å². The molecule has 3 aromatic rings. The van der Waals surface area contributed by atoms with Crippen LogP contribution in [0, 0.1) is 11.2 Å². The number of fused-ring (bicyclic) bond motifs is 1. The number of nitrogens with one attached hydrogen (secondary N) is 1. The molecule has 0 spiro atoms. The van der Waals surface area contributed by atoms with Crippen LogP contribution in [0.3, 0.4) is 0 Å². The standard InChI is InChI=1S/C21H17BClFN3/c1-12(21(25)16-9-15(23)2-3-17(16)24)18-4-5-19-20(27-18)8-14(11-26-19)13-6-7-22-10-13/h2-5,8-9,11,13,25H,1,6-7,10H2. The maximum absolute atomic E-state index is 14.1. The molecule has 0 amide bonds. The van der Waals surface area contributed by atoms with E-state index in [1.54, 1.807) is 6.07 Å². The van der Waals surface area contributed by atoms with Crippen molar-refractivity contribution in [3.63, 3.8) is 0 Å². The van der Waals surface area contributed by atoms with Crippen LogP contribution in [0.25, 0.3) is 16.6 Å². The molecule has 1 unspecified atom stereocenters. The Bertz CT molecular complexity index is 1060. The summed E-state index contributed by atoms with van der Waals surface area (Å²) in [6.45, 7) is 3.96. The zero-order chi connectivity index (χ0) is 19.0. The highest BCUT2D eigenvalue weighted by molar-refractivity contribution is 6.36. The molecule has 1 aliphatic heterocycles. The minimum absolute atomic E-state index is 0.0312. The fourth-order valence-corrected chi connectivity index (χ4v) is 3.62. The molecule has 1 atom stereocenters. The van der Waals surface area contributed by atoms with Gasteiger partial charge in [-0.1, -0.05) is 37.2 Å². The molecule has 1 radical (unpaired) electrons. The molecule has 1 aliphatic rings. The Morgan fingerprint density at radius 2 is 2.07 bits per heavy atom. The van der Waals surface area contributed by atoms with Crippen LogP contribution in [0.2, 0.25) is 17.7 Å². The van der Waals surface area contributed by atoms with Crippen LogP contribution in [0.5, 0.6) is 0 Å². The van der Waals surface area contributed by atoms with E-state index in [1.807, 2.05) is 12.3 Å². The van der Waals surface area contributed by atoms with Gasteiger partial charge in [0.25, 0.3) is 0 Å². The van der Waals surface area contributed by atoms with Gasteiger partial charge in [-0.2, -0.15) is 0 Å². The van der Waals surface area contributed by atoms with Crippen molar-refractivity contribution in [3.05, 3.63) is 76.8 Å². The van der Waals surface area contributed by atoms with E-state index in [4.69, 9.17) is 17.0 Å². The van der Waals surface area contributed by atoms with E-state index in [1.165, 1.54) is 23.8 Å². The topological polar surface area (TPSA) is 49.6 Å². The molecule has 1 fully saturated rings. The van der Waals surface area contributed by atoms with Crippen LogP contribution in [-0.2, 0) is 0 Å². The summed E-state index contributed by atoms with van der Waals surface area (Å²) >= 11 is 5.95. The van der Waals surface area contributed by atoms with E-state index in [0.717, 1.165) is 30.1 Å². The van der Waals surface area contributed by atoms with Gasteiger partial charge in [0.2, 0.25) is 0 Å². The first kappa shape index (κ1) is 17.9. The van der Waals surface area contributed by atoms with Gasteiger partial charge in [-0.05, 0) is 47.9 Å². The lowest BCUT2D eigenvalue weighted by atomic mass is 9.75. The molecule has 1 aromatic carbocycles. The minimum atomic E-state index is -0.507. The van der Waals surface area contributed by atoms with E-state index in [9.17, 15) is 4.39 Å². The molecule has 0 aliphatic carbocycles. The third-order valence-corrected chi connectivity index (χ3v) is 5.24. The zero-order valence-corrected chi connectivity index (χ0v) is 15.4. The number of hydrogen-bond donors (Lipinski definition) is 1. The Kier molecular flexibility index (Phi) is 4.79. The Morgan fingerprint density at radius 1 is 1.22 bits per heavy atom. The van der Waals surface area contributed by atoms with E-state index in [0.29, 0.717) is 22.2 Å². The number of benzene rings is 1. The van der Waals surface area contributed by atoms with Gasteiger partial charge in [0.05, 0.1) is 22.4 Å². The number of halogens is 2. The molecule has 3 nitrogen and oxygen atoms in total. The first-order valence-corrected chi connectivity index (χ1v) is 9.22. The monoisotopic (exact) mass is 376 g/mol. The molecule has 4 rings (SSSR count). The molecule has 0 bridgehead atoms. The van der Waals surface area contributed by atoms with Gasteiger partial charge in [0, 0.05) is 22.4 Å². The van der Waals surface area contributed by atoms with Crippen LogP contribution < -0.4 is 0 Å². The highest BCUT2D eigenvalue weighted by Gasteiger charge is 2.19. The largest absolute Gasteiger partial charge is 0.299 e. The molecular weight excluding hydrogens is 360 g/mol. The molecule has 3 heterocycles. The summed E-state index contributed by atoms with van der Waals surface area (Å²) in [6, 6.07) is 9.82. The predicted octanol–water partition coefficient (Wildman–Crippen LogP) is 5.53. The zero-order valence-electron chi connectivity index (χ0n) is 14.7. The van der Waals surface area contributed by atoms with Crippen molar-refractivity contribution in [3.8, 4) is 0 Å². The van der Waals surface area contributed by atoms with Crippen molar-refractivity contribution in [1.82, 2.24) is 9.97 Å². The number of nitrogens with zero attached hydrogens (tertiary/aromatic N) is 2. The van der Waals surface area contributed by atoms with E-state index >= 15 is 0 Å². The van der Waals surface area contributed by atoms with Crippen molar-refractivity contribution < 1.29 is 4.39 Å². The third kappa shape index (κ3) is 3.52. The van der Waals surface area contributed by atoms with Crippen LogP contribution >= 0.6 is 11.6 Å². The van der Waals surface area contributed by atoms with Gasteiger partial charge >= 0.3 is 0 Å². The van der Waals surface area contributed by atoms with Gasteiger partial charge in [-0.25, -0.2) is 9.37 Å². The lowest BCUT2D eigenvalue weighted by Gasteiger charge is -2.12. The fraction of sp³-hybridized carbons (Fsp3) is 0.190. The Morgan fingerprint density at radius 3 is 2.85 bits per heavy atom. The summed E-state index contributed by atoms with van der Waals surface area (Å²) in [4.78, 5) is 9.16. The Hall–Kier alpha value is -2.53. The third-order valence-electron chi connectivity index (χ3n) is 5.01. The average molecular weight is 377 g/mol. The first-order chi connectivity index (χ1) is 13.0. The van der Waals surface area contributed by atoms with Gasteiger partial charge in [-0.15, -0.1) is 0 Å². The van der Waals surface area contributed by atoms with Crippen molar-refractivity contribution >= 4 is 41.2 Å². The predicted molar refractivity (Wildman–Crippen MR) is 110 cm³/mol. The second kappa shape index (κ2) is 7.24.